The number of nitrogens with one attached hydrogen (secondary N) is 1. The summed E-state index contributed by atoms with van der Waals surface area (Å²) in [5.74, 6) is -0.264. The number of anilines is 2. The Bertz CT molecular complexity index is 631. The van der Waals surface area contributed by atoms with E-state index in [1.165, 1.54) is 6.08 Å². The van der Waals surface area contributed by atoms with E-state index in [9.17, 15) is 4.79 Å². The summed E-state index contributed by atoms with van der Waals surface area (Å²) in [5.41, 5.74) is 7.70. The smallest absolute Gasteiger partial charge is 0.248 e. The van der Waals surface area contributed by atoms with E-state index in [2.05, 4.69) is 5.32 Å². The summed E-state index contributed by atoms with van der Waals surface area (Å²) in [6.45, 7) is 0. The van der Waals surface area contributed by atoms with Gasteiger partial charge >= 0.3 is 0 Å². The van der Waals surface area contributed by atoms with Gasteiger partial charge in [0, 0.05) is 27.5 Å². The summed E-state index contributed by atoms with van der Waals surface area (Å²) < 4.78 is 0. The van der Waals surface area contributed by atoms with Crippen molar-refractivity contribution in [1.82, 2.24) is 0 Å². The topological polar surface area (TPSA) is 55.1 Å². The van der Waals surface area contributed by atoms with Gasteiger partial charge in [0.1, 0.15) is 0 Å². The maximum Gasteiger partial charge on any atom is 0.248 e. The molecule has 102 valence electrons. The molecule has 2 aromatic rings. The van der Waals surface area contributed by atoms with E-state index in [1.54, 1.807) is 36.4 Å². The van der Waals surface area contributed by atoms with Crippen LogP contribution < -0.4 is 11.1 Å². The van der Waals surface area contributed by atoms with Crippen LogP contribution in [0.3, 0.4) is 0 Å². The highest BCUT2D eigenvalue weighted by Gasteiger charge is 2.01. The normalized spacial score (nSPS) is 10.7. The molecule has 2 rings (SSSR count). The molecule has 0 bridgehead atoms. The predicted molar refractivity (Wildman–Crippen MR) is 85.0 cm³/mol. The van der Waals surface area contributed by atoms with Crippen LogP contribution in [0, 0.1) is 0 Å². The zero-order valence-corrected chi connectivity index (χ0v) is 11.9. The number of hydrogen-bond donors (Lipinski definition) is 2. The van der Waals surface area contributed by atoms with E-state index in [0.29, 0.717) is 21.4 Å². The van der Waals surface area contributed by atoms with E-state index in [0.717, 1.165) is 5.56 Å². The first kappa shape index (κ1) is 14.4. The molecule has 0 heterocycles. The highest BCUT2D eigenvalue weighted by atomic mass is 35.5. The third kappa shape index (κ3) is 4.30. The van der Waals surface area contributed by atoms with Gasteiger partial charge in [-0.1, -0.05) is 35.3 Å². The van der Waals surface area contributed by atoms with Crippen LogP contribution in [0.1, 0.15) is 5.56 Å². The number of hydrogen-bond acceptors (Lipinski definition) is 2. The van der Waals surface area contributed by atoms with Crippen LogP contribution in [0.2, 0.25) is 10.0 Å². The number of halogens is 2. The van der Waals surface area contributed by atoms with Gasteiger partial charge < -0.3 is 11.1 Å². The minimum absolute atomic E-state index is 0.264. The van der Waals surface area contributed by atoms with Gasteiger partial charge in [-0.05, 0) is 42.0 Å². The quantitative estimate of drug-likeness (QED) is 0.658. The molecule has 0 radical (unpaired) electrons. The average Bonchev–Trinajstić information content (AvgIpc) is 2.37. The average molecular weight is 307 g/mol. The molecule has 0 aliphatic carbocycles. The Balaban J connectivity index is 2.03. The zero-order valence-electron chi connectivity index (χ0n) is 10.4. The van der Waals surface area contributed by atoms with Gasteiger partial charge in [-0.2, -0.15) is 0 Å². The number of nitrogen functional groups attached to an aromatic ring is 1. The van der Waals surface area contributed by atoms with E-state index in [1.807, 2.05) is 12.1 Å². The van der Waals surface area contributed by atoms with Crippen LogP contribution in [0.5, 0.6) is 0 Å². The van der Waals surface area contributed by atoms with Gasteiger partial charge in [0.05, 0.1) is 0 Å². The molecular weight excluding hydrogens is 295 g/mol. The first-order valence-electron chi connectivity index (χ1n) is 5.83. The second-order valence-electron chi connectivity index (χ2n) is 4.15. The molecule has 5 heteroatoms. The number of amides is 1. The summed E-state index contributed by atoms with van der Waals surface area (Å²) in [5, 5.41) is 3.62. The maximum atomic E-state index is 11.8. The van der Waals surface area contributed by atoms with Crippen molar-refractivity contribution < 1.29 is 4.79 Å². The molecule has 0 aromatic heterocycles. The van der Waals surface area contributed by atoms with Crippen molar-refractivity contribution in [1.29, 1.82) is 0 Å². The standard InChI is InChI=1S/C15H12Cl2N2O/c16-11-7-12(17)9-14(8-11)19-15(20)6-3-10-1-4-13(18)5-2-10/h1-9H,18H2,(H,19,20)/b6-3+. The fourth-order valence-corrected chi connectivity index (χ4v) is 2.12. The van der Waals surface area contributed by atoms with Crippen LogP contribution in [-0.4, -0.2) is 5.91 Å². The van der Waals surface area contributed by atoms with Crippen molar-refractivity contribution in [3.63, 3.8) is 0 Å². The van der Waals surface area contributed by atoms with Crippen LogP contribution in [-0.2, 0) is 4.79 Å². The van der Waals surface area contributed by atoms with Gasteiger partial charge in [-0.25, -0.2) is 0 Å². The summed E-state index contributed by atoms with van der Waals surface area (Å²) in [7, 11) is 0. The van der Waals surface area contributed by atoms with Crippen LogP contribution >= 0.6 is 23.2 Å². The minimum atomic E-state index is -0.264. The lowest BCUT2D eigenvalue weighted by molar-refractivity contribution is -0.111. The molecule has 0 saturated carbocycles. The van der Waals surface area contributed by atoms with Crippen molar-refractivity contribution in [2.75, 3.05) is 11.1 Å². The number of rotatable bonds is 3. The molecule has 0 fully saturated rings. The molecule has 0 spiro atoms. The molecule has 1 amide bonds. The molecule has 20 heavy (non-hydrogen) atoms. The highest BCUT2D eigenvalue weighted by molar-refractivity contribution is 6.35. The lowest BCUT2D eigenvalue weighted by atomic mass is 10.2. The number of carbonyl (C=O) groups excluding carboxylic acids is 1. The van der Waals surface area contributed by atoms with Gasteiger partial charge in [0.2, 0.25) is 5.91 Å². The molecule has 3 nitrogen and oxygen atoms in total. The molecule has 2 aromatic carbocycles. The second-order valence-corrected chi connectivity index (χ2v) is 5.02. The van der Waals surface area contributed by atoms with Gasteiger partial charge in [0.25, 0.3) is 0 Å². The molecule has 0 aliphatic rings. The van der Waals surface area contributed by atoms with Gasteiger partial charge in [-0.15, -0.1) is 0 Å². The lowest BCUT2D eigenvalue weighted by Gasteiger charge is -2.03. The molecule has 0 saturated heterocycles. The lowest BCUT2D eigenvalue weighted by Crippen LogP contribution is -2.07. The summed E-state index contributed by atoms with van der Waals surface area (Å²) in [6.07, 6.45) is 3.13. The summed E-state index contributed by atoms with van der Waals surface area (Å²) >= 11 is 11.7. The maximum absolute atomic E-state index is 11.8. The Hall–Kier alpha value is -1.97. The molecular formula is C15H12Cl2N2O. The van der Waals surface area contributed by atoms with Gasteiger partial charge in [-0.3, -0.25) is 4.79 Å². The summed E-state index contributed by atoms with van der Waals surface area (Å²) in [6, 6.07) is 12.1. The second kappa shape index (κ2) is 6.46. The van der Waals surface area contributed by atoms with Crippen molar-refractivity contribution in [3.8, 4) is 0 Å². The SMILES string of the molecule is Nc1ccc(/C=C/C(=O)Nc2cc(Cl)cc(Cl)c2)cc1. The molecule has 0 aliphatic heterocycles. The molecule has 3 N–H and O–H groups in total. The van der Waals surface area contributed by atoms with Crippen molar-refractivity contribution in [3.05, 3.63) is 64.1 Å². The minimum Gasteiger partial charge on any atom is -0.399 e. The van der Waals surface area contributed by atoms with Crippen molar-refractivity contribution in [2.24, 2.45) is 0 Å². The number of nitrogens with two attached hydrogens (primary N) is 1. The molecule has 0 unspecified atom stereocenters. The zero-order chi connectivity index (χ0) is 14.5. The van der Waals surface area contributed by atoms with Crippen molar-refractivity contribution >= 4 is 46.6 Å². The predicted octanol–water partition coefficient (Wildman–Crippen LogP) is 4.23. The largest absolute Gasteiger partial charge is 0.399 e. The Morgan fingerprint density at radius 2 is 1.65 bits per heavy atom. The monoisotopic (exact) mass is 306 g/mol. The van der Waals surface area contributed by atoms with Crippen LogP contribution in [0.15, 0.2) is 48.5 Å². The van der Waals surface area contributed by atoms with E-state index in [4.69, 9.17) is 28.9 Å². The van der Waals surface area contributed by atoms with E-state index < -0.39 is 0 Å². The first-order chi connectivity index (χ1) is 9.52. The van der Waals surface area contributed by atoms with Crippen molar-refractivity contribution in [2.45, 2.75) is 0 Å². The number of carbonyl (C=O) groups is 1. The van der Waals surface area contributed by atoms with Crippen LogP contribution in [0.4, 0.5) is 11.4 Å². The van der Waals surface area contributed by atoms with Gasteiger partial charge in [0.15, 0.2) is 0 Å². The highest BCUT2D eigenvalue weighted by Crippen LogP contribution is 2.22. The summed E-state index contributed by atoms with van der Waals surface area (Å²) in [4.78, 5) is 11.8. The Kier molecular flexibility index (Phi) is 4.66. The Morgan fingerprint density at radius 1 is 1.05 bits per heavy atom. The Morgan fingerprint density at radius 3 is 2.25 bits per heavy atom. The third-order valence-electron chi connectivity index (χ3n) is 2.49. The number of benzene rings is 2. The van der Waals surface area contributed by atoms with E-state index in [-0.39, 0.29) is 5.91 Å². The third-order valence-corrected chi connectivity index (χ3v) is 2.93. The Labute approximate surface area is 127 Å². The van der Waals surface area contributed by atoms with E-state index >= 15 is 0 Å². The molecule has 0 atom stereocenters. The van der Waals surface area contributed by atoms with Crippen LogP contribution in [0.25, 0.3) is 6.08 Å². The fraction of sp³-hybridized carbons (Fsp3) is 0. The first-order valence-corrected chi connectivity index (χ1v) is 6.59. The fourth-order valence-electron chi connectivity index (χ4n) is 1.59.